The normalized spacial score (nSPS) is 12.3. The lowest BCUT2D eigenvalue weighted by Gasteiger charge is -2.36. The summed E-state index contributed by atoms with van der Waals surface area (Å²) in [5, 5.41) is 5.11. The molecule has 0 amide bonds. The van der Waals surface area contributed by atoms with Crippen LogP contribution in [-0.2, 0) is 4.43 Å². The maximum atomic E-state index is 6.12. The Morgan fingerprint density at radius 1 is 1.40 bits per heavy atom. The molecule has 1 N–H and O–H groups in total. The minimum atomic E-state index is -1.68. The van der Waals surface area contributed by atoms with Crippen molar-refractivity contribution in [3.63, 3.8) is 0 Å². The van der Waals surface area contributed by atoms with E-state index in [1.54, 1.807) is 11.6 Å². The van der Waals surface area contributed by atoms with Gasteiger partial charge in [0.2, 0.25) is 0 Å². The van der Waals surface area contributed by atoms with Crippen molar-refractivity contribution < 1.29 is 4.43 Å². The van der Waals surface area contributed by atoms with Crippen LogP contribution in [0.1, 0.15) is 32.2 Å². The Kier molecular flexibility index (Phi) is 5.79. The van der Waals surface area contributed by atoms with Crippen LogP contribution in [0.25, 0.3) is 0 Å². The molecule has 1 aromatic rings. The molecule has 0 aliphatic rings. The number of nitrogens with zero attached hydrogens (tertiary/aromatic N) is 2. The Bertz CT molecular complexity index is 472. The van der Waals surface area contributed by atoms with Gasteiger partial charge in [-0.3, -0.25) is 0 Å². The zero-order valence-electron chi connectivity index (χ0n) is 13.3. The molecule has 0 saturated heterocycles. The summed E-state index contributed by atoms with van der Waals surface area (Å²) in [7, 11) is -1.68. The van der Waals surface area contributed by atoms with Gasteiger partial charge in [-0.1, -0.05) is 33.0 Å². The molecular formula is C14H25N3OSSi. The van der Waals surface area contributed by atoms with Crippen molar-refractivity contribution in [2.75, 3.05) is 18.5 Å². The zero-order valence-corrected chi connectivity index (χ0v) is 15.1. The van der Waals surface area contributed by atoms with Gasteiger partial charge in [-0.15, -0.1) is 0 Å². The van der Waals surface area contributed by atoms with Crippen LogP contribution in [0.2, 0.25) is 18.1 Å². The number of rotatable bonds is 6. The van der Waals surface area contributed by atoms with Crippen LogP contribution < -0.4 is 5.32 Å². The van der Waals surface area contributed by atoms with E-state index >= 15 is 0 Å². The third-order valence-electron chi connectivity index (χ3n) is 3.73. The van der Waals surface area contributed by atoms with Crippen molar-refractivity contribution in [1.29, 1.82) is 0 Å². The fraction of sp³-hybridized carbons (Fsp3) is 0.643. The van der Waals surface area contributed by atoms with Gasteiger partial charge in [-0.25, -0.2) is 9.97 Å². The molecule has 112 valence electrons. The van der Waals surface area contributed by atoms with E-state index < -0.39 is 8.32 Å². The topological polar surface area (TPSA) is 47.0 Å². The molecule has 1 aromatic heterocycles. The molecule has 0 aliphatic heterocycles. The molecule has 0 radical (unpaired) electrons. The number of hydrogen-bond acceptors (Lipinski definition) is 5. The zero-order chi connectivity index (χ0) is 15.4. The highest BCUT2D eigenvalue weighted by molar-refractivity contribution is 7.79. The van der Waals surface area contributed by atoms with Gasteiger partial charge in [-0.2, -0.15) is 0 Å². The van der Waals surface area contributed by atoms with Crippen molar-refractivity contribution in [1.82, 2.24) is 9.97 Å². The quantitative estimate of drug-likeness (QED) is 0.494. The molecule has 0 bridgehead atoms. The molecule has 0 unspecified atom stereocenters. The highest BCUT2D eigenvalue weighted by Crippen LogP contribution is 2.36. The van der Waals surface area contributed by atoms with Gasteiger partial charge in [0.25, 0.3) is 0 Å². The van der Waals surface area contributed by atoms with E-state index in [-0.39, 0.29) is 5.04 Å². The van der Waals surface area contributed by atoms with Crippen LogP contribution in [-0.4, -0.2) is 36.8 Å². The van der Waals surface area contributed by atoms with Gasteiger partial charge >= 0.3 is 0 Å². The van der Waals surface area contributed by atoms with Crippen LogP contribution in [0.3, 0.4) is 0 Å². The van der Waals surface area contributed by atoms with Gasteiger partial charge in [0.1, 0.15) is 11.6 Å². The summed E-state index contributed by atoms with van der Waals surface area (Å²) in [6.45, 7) is 14.5. The first-order chi connectivity index (χ1) is 9.17. The number of hydrogen-bond donors (Lipinski definition) is 1. The highest BCUT2D eigenvalue weighted by atomic mass is 32.1. The molecule has 20 heavy (non-hydrogen) atoms. The van der Waals surface area contributed by atoms with Crippen LogP contribution in [0.4, 0.5) is 5.82 Å². The van der Waals surface area contributed by atoms with E-state index in [0.29, 0.717) is 6.61 Å². The van der Waals surface area contributed by atoms with Crippen molar-refractivity contribution in [3.8, 4) is 0 Å². The van der Waals surface area contributed by atoms with Crippen LogP contribution in [0, 0.1) is 6.92 Å². The second-order valence-electron chi connectivity index (χ2n) is 6.37. The smallest absolute Gasteiger partial charge is 0.192 e. The van der Waals surface area contributed by atoms with Crippen molar-refractivity contribution >= 4 is 31.7 Å². The van der Waals surface area contributed by atoms with E-state index in [1.165, 1.54) is 0 Å². The number of nitrogens with one attached hydrogen (secondary N) is 1. The SMILES string of the molecule is Cc1ncc(C=S)c(NCCO[Si](C)(C)C(C)(C)C)n1. The lowest BCUT2D eigenvalue weighted by atomic mass is 10.2. The van der Waals surface area contributed by atoms with E-state index in [2.05, 4.69) is 49.1 Å². The second-order valence-corrected chi connectivity index (χ2v) is 11.4. The summed E-state index contributed by atoms with van der Waals surface area (Å²) in [5.41, 5.74) is 0.845. The molecular weight excluding hydrogens is 286 g/mol. The Labute approximate surface area is 128 Å². The van der Waals surface area contributed by atoms with Gasteiger partial charge in [0.05, 0.1) is 6.61 Å². The van der Waals surface area contributed by atoms with Gasteiger partial charge in [-0.05, 0) is 25.1 Å². The molecule has 4 nitrogen and oxygen atoms in total. The Morgan fingerprint density at radius 2 is 2.05 bits per heavy atom. The van der Waals surface area contributed by atoms with Gasteiger partial charge < -0.3 is 9.74 Å². The van der Waals surface area contributed by atoms with E-state index in [4.69, 9.17) is 16.6 Å². The molecule has 0 aromatic carbocycles. The predicted molar refractivity (Wildman–Crippen MR) is 91.2 cm³/mol. The first-order valence-electron chi connectivity index (χ1n) is 6.84. The van der Waals surface area contributed by atoms with Gasteiger partial charge in [0.15, 0.2) is 8.32 Å². The van der Waals surface area contributed by atoms with E-state index in [1.807, 2.05) is 6.92 Å². The summed E-state index contributed by atoms with van der Waals surface area (Å²) < 4.78 is 6.12. The first kappa shape index (κ1) is 17.2. The number of aromatic nitrogens is 2. The molecule has 1 rings (SSSR count). The summed E-state index contributed by atoms with van der Waals surface area (Å²) in [6, 6.07) is 0. The average Bonchev–Trinajstić information content (AvgIpc) is 2.33. The average molecular weight is 312 g/mol. The van der Waals surface area contributed by atoms with Crippen molar-refractivity contribution in [2.45, 2.75) is 45.8 Å². The Balaban J connectivity index is 2.54. The molecule has 6 heteroatoms. The number of aryl methyl sites for hydroxylation is 1. The summed E-state index contributed by atoms with van der Waals surface area (Å²) in [5.74, 6) is 1.52. The minimum absolute atomic E-state index is 0.234. The van der Waals surface area contributed by atoms with Crippen LogP contribution >= 0.6 is 12.2 Å². The van der Waals surface area contributed by atoms with Crippen LogP contribution in [0.5, 0.6) is 0 Å². The summed E-state index contributed by atoms with van der Waals surface area (Å²) in [4.78, 5) is 8.50. The van der Waals surface area contributed by atoms with Gasteiger partial charge in [0, 0.05) is 23.7 Å². The fourth-order valence-corrected chi connectivity index (χ4v) is 2.62. The molecule has 1 heterocycles. The maximum Gasteiger partial charge on any atom is 0.192 e. The Morgan fingerprint density at radius 3 is 2.60 bits per heavy atom. The van der Waals surface area contributed by atoms with E-state index in [9.17, 15) is 0 Å². The monoisotopic (exact) mass is 311 g/mol. The largest absolute Gasteiger partial charge is 0.415 e. The second kappa shape index (κ2) is 6.73. The first-order valence-corrected chi connectivity index (χ1v) is 10.2. The standard InChI is InChI=1S/C14H25N3OSSi/c1-11-16-9-12(10-19)13(17-11)15-7-8-18-20(5,6)14(2,3)4/h9-10H,7-8H2,1-6H3,(H,15,16,17). The van der Waals surface area contributed by atoms with E-state index in [0.717, 1.165) is 23.8 Å². The highest BCUT2D eigenvalue weighted by Gasteiger charge is 2.36. The summed E-state index contributed by atoms with van der Waals surface area (Å²) in [6.07, 6.45) is 1.74. The third kappa shape index (κ3) is 4.61. The molecule has 0 spiro atoms. The maximum absolute atomic E-state index is 6.12. The lowest BCUT2D eigenvalue weighted by molar-refractivity contribution is 0.301. The number of thiocarbonyl (C=S) groups is 1. The minimum Gasteiger partial charge on any atom is -0.415 e. The van der Waals surface area contributed by atoms with Crippen molar-refractivity contribution in [3.05, 3.63) is 17.6 Å². The number of anilines is 1. The summed E-state index contributed by atoms with van der Waals surface area (Å²) >= 11 is 4.97. The third-order valence-corrected chi connectivity index (χ3v) is 8.52. The molecule has 0 fully saturated rings. The predicted octanol–water partition coefficient (Wildman–Crippen LogP) is 3.57. The molecule has 0 aliphatic carbocycles. The molecule has 0 saturated carbocycles. The lowest BCUT2D eigenvalue weighted by Crippen LogP contribution is -2.41. The van der Waals surface area contributed by atoms with Crippen LogP contribution in [0.15, 0.2) is 6.20 Å². The Hall–Kier alpha value is -0.853. The molecule has 0 atom stereocenters. The van der Waals surface area contributed by atoms with Crippen molar-refractivity contribution in [2.24, 2.45) is 0 Å². The fourth-order valence-electron chi connectivity index (χ4n) is 1.40.